The second-order valence-electron chi connectivity index (χ2n) is 3.60. The van der Waals surface area contributed by atoms with Crippen LogP contribution in [0.2, 0.25) is 0 Å². The minimum Gasteiger partial charge on any atom is -0.497 e. The van der Waals surface area contributed by atoms with Gasteiger partial charge in [0.2, 0.25) is 0 Å². The van der Waals surface area contributed by atoms with Crippen molar-refractivity contribution < 1.29 is 4.74 Å². The fourth-order valence-corrected chi connectivity index (χ4v) is 2.44. The minimum atomic E-state index is 0.115. The molecule has 0 fully saturated rings. The number of hydrazine groups is 1. The Labute approximate surface area is 93.9 Å². The Hall–Kier alpha value is -0.840. The SMILES string of the molecule is NNC(Cc1cccs1)C1=CCCCO1. The van der Waals surface area contributed by atoms with E-state index in [4.69, 9.17) is 10.6 Å². The molecule has 0 radical (unpaired) electrons. The molecule has 0 saturated carbocycles. The van der Waals surface area contributed by atoms with Gasteiger partial charge in [-0.15, -0.1) is 11.3 Å². The van der Waals surface area contributed by atoms with Gasteiger partial charge in [-0.1, -0.05) is 6.07 Å². The third kappa shape index (κ3) is 2.81. The van der Waals surface area contributed by atoms with Crippen LogP contribution in [-0.2, 0) is 11.2 Å². The Morgan fingerprint density at radius 2 is 2.53 bits per heavy atom. The van der Waals surface area contributed by atoms with Gasteiger partial charge in [0.15, 0.2) is 0 Å². The van der Waals surface area contributed by atoms with Crippen LogP contribution >= 0.6 is 11.3 Å². The smallest absolute Gasteiger partial charge is 0.111 e. The maximum atomic E-state index is 5.60. The highest BCUT2D eigenvalue weighted by Gasteiger charge is 2.17. The van der Waals surface area contributed by atoms with E-state index in [0.717, 1.165) is 31.6 Å². The molecule has 0 aromatic carbocycles. The molecule has 1 atom stereocenters. The average Bonchev–Trinajstić information content (AvgIpc) is 2.80. The van der Waals surface area contributed by atoms with Crippen LogP contribution in [0, 0.1) is 0 Å². The lowest BCUT2D eigenvalue weighted by molar-refractivity contribution is 0.167. The number of ether oxygens (including phenoxy) is 1. The Bertz CT molecular complexity index is 321. The van der Waals surface area contributed by atoms with Gasteiger partial charge in [-0.25, -0.2) is 5.43 Å². The summed E-state index contributed by atoms with van der Waals surface area (Å²) in [6.07, 6.45) is 5.25. The fourth-order valence-electron chi connectivity index (χ4n) is 1.69. The highest BCUT2D eigenvalue weighted by Crippen LogP contribution is 2.18. The first-order valence-corrected chi connectivity index (χ1v) is 6.09. The fraction of sp³-hybridized carbons (Fsp3) is 0.455. The number of allylic oxidation sites excluding steroid dienone is 1. The van der Waals surface area contributed by atoms with Crippen molar-refractivity contribution in [3.05, 3.63) is 34.2 Å². The number of hydrogen-bond donors (Lipinski definition) is 2. The largest absolute Gasteiger partial charge is 0.497 e. The van der Waals surface area contributed by atoms with E-state index in [1.807, 2.05) is 0 Å². The van der Waals surface area contributed by atoms with Crippen LogP contribution in [0.4, 0.5) is 0 Å². The summed E-state index contributed by atoms with van der Waals surface area (Å²) in [5.41, 5.74) is 2.82. The number of rotatable bonds is 4. The number of nitrogens with one attached hydrogen (secondary N) is 1. The molecule has 1 aromatic rings. The predicted octanol–water partition coefficient (Wildman–Crippen LogP) is 1.82. The predicted molar refractivity (Wildman–Crippen MR) is 62.4 cm³/mol. The summed E-state index contributed by atoms with van der Waals surface area (Å²) in [7, 11) is 0. The highest BCUT2D eigenvalue weighted by molar-refractivity contribution is 7.09. The van der Waals surface area contributed by atoms with Crippen molar-refractivity contribution >= 4 is 11.3 Å². The van der Waals surface area contributed by atoms with Crippen LogP contribution in [0.15, 0.2) is 29.3 Å². The molecule has 82 valence electrons. The summed E-state index contributed by atoms with van der Waals surface area (Å²) >= 11 is 1.75. The first-order valence-electron chi connectivity index (χ1n) is 5.21. The van der Waals surface area contributed by atoms with E-state index in [9.17, 15) is 0 Å². The summed E-state index contributed by atoms with van der Waals surface area (Å²) in [5.74, 6) is 6.55. The monoisotopic (exact) mass is 224 g/mol. The van der Waals surface area contributed by atoms with Gasteiger partial charge in [0.1, 0.15) is 5.76 Å². The Kier molecular flexibility index (Phi) is 3.77. The van der Waals surface area contributed by atoms with E-state index in [0.29, 0.717) is 0 Å². The highest BCUT2D eigenvalue weighted by atomic mass is 32.1. The van der Waals surface area contributed by atoms with E-state index in [1.54, 1.807) is 11.3 Å². The van der Waals surface area contributed by atoms with Crippen molar-refractivity contribution in [3.63, 3.8) is 0 Å². The maximum Gasteiger partial charge on any atom is 0.111 e. The lowest BCUT2D eigenvalue weighted by Crippen LogP contribution is -2.39. The lowest BCUT2D eigenvalue weighted by atomic mass is 10.1. The van der Waals surface area contributed by atoms with Gasteiger partial charge in [0, 0.05) is 11.3 Å². The van der Waals surface area contributed by atoms with Crippen LogP contribution in [0.3, 0.4) is 0 Å². The standard InChI is InChI=1S/C11H16N2OS/c12-13-10(8-9-4-3-7-15-9)11-5-1-2-6-14-11/h3-5,7,10,13H,1-2,6,8,12H2. The topological polar surface area (TPSA) is 47.3 Å². The van der Waals surface area contributed by atoms with Crippen molar-refractivity contribution in [3.8, 4) is 0 Å². The van der Waals surface area contributed by atoms with Crippen LogP contribution in [-0.4, -0.2) is 12.6 Å². The summed E-state index contributed by atoms with van der Waals surface area (Å²) in [6.45, 7) is 0.814. The van der Waals surface area contributed by atoms with Gasteiger partial charge in [-0.3, -0.25) is 5.84 Å². The van der Waals surface area contributed by atoms with E-state index in [2.05, 4.69) is 29.0 Å². The van der Waals surface area contributed by atoms with Gasteiger partial charge in [0.05, 0.1) is 12.6 Å². The Morgan fingerprint density at radius 1 is 1.60 bits per heavy atom. The van der Waals surface area contributed by atoms with Gasteiger partial charge in [-0.05, 0) is 30.4 Å². The average molecular weight is 224 g/mol. The van der Waals surface area contributed by atoms with Crippen LogP contribution in [0.25, 0.3) is 0 Å². The molecule has 1 aliphatic rings. The lowest BCUT2D eigenvalue weighted by Gasteiger charge is -2.22. The van der Waals surface area contributed by atoms with Crippen molar-refractivity contribution in [2.24, 2.45) is 5.84 Å². The molecular formula is C11H16N2OS. The first kappa shape index (κ1) is 10.7. The van der Waals surface area contributed by atoms with E-state index >= 15 is 0 Å². The van der Waals surface area contributed by atoms with Crippen LogP contribution < -0.4 is 11.3 Å². The zero-order chi connectivity index (χ0) is 10.5. The molecule has 0 amide bonds. The Balaban J connectivity index is 2.00. The molecule has 0 bridgehead atoms. The second kappa shape index (κ2) is 5.30. The van der Waals surface area contributed by atoms with Gasteiger partial charge in [-0.2, -0.15) is 0 Å². The number of hydrogen-bond acceptors (Lipinski definition) is 4. The molecule has 15 heavy (non-hydrogen) atoms. The normalized spacial score (nSPS) is 18.1. The molecule has 2 rings (SSSR count). The third-order valence-corrected chi connectivity index (χ3v) is 3.39. The Morgan fingerprint density at radius 3 is 3.13 bits per heavy atom. The molecule has 3 nitrogen and oxygen atoms in total. The van der Waals surface area contributed by atoms with Crippen molar-refractivity contribution in [1.82, 2.24) is 5.43 Å². The van der Waals surface area contributed by atoms with E-state index < -0.39 is 0 Å². The summed E-state index contributed by atoms with van der Waals surface area (Å²) < 4.78 is 5.60. The second-order valence-corrected chi connectivity index (χ2v) is 4.63. The number of thiophene rings is 1. The quantitative estimate of drug-likeness (QED) is 0.606. The zero-order valence-electron chi connectivity index (χ0n) is 8.61. The molecule has 2 heterocycles. The van der Waals surface area contributed by atoms with Crippen molar-refractivity contribution in [2.45, 2.75) is 25.3 Å². The third-order valence-electron chi connectivity index (χ3n) is 2.49. The number of nitrogens with two attached hydrogens (primary N) is 1. The molecule has 0 spiro atoms. The van der Waals surface area contributed by atoms with Crippen molar-refractivity contribution in [1.29, 1.82) is 0 Å². The molecule has 1 unspecified atom stereocenters. The van der Waals surface area contributed by atoms with Crippen LogP contribution in [0.1, 0.15) is 17.7 Å². The molecule has 1 aromatic heterocycles. The molecular weight excluding hydrogens is 208 g/mol. The van der Waals surface area contributed by atoms with Crippen molar-refractivity contribution in [2.75, 3.05) is 6.61 Å². The molecule has 4 heteroatoms. The summed E-state index contributed by atoms with van der Waals surface area (Å²) in [6, 6.07) is 4.30. The molecule has 1 aliphatic heterocycles. The minimum absolute atomic E-state index is 0.115. The van der Waals surface area contributed by atoms with Gasteiger partial charge < -0.3 is 4.74 Å². The van der Waals surface area contributed by atoms with Gasteiger partial charge in [0.25, 0.3) is 0 Å². The van der Waals surface area contributed by atoms with Crippen LogP contribution in [0.5, 0.6) is 0 Å². The van der Waals surface area contributed by atoms with E-state index in [-0.39, 0.29) is 6.04 Å². The first-order chi connectivity index (χ1) is 7.40. The molecule has 3 N–H and O–H groups in total. The van der Waals surface area contributed by atoms with Gasteiger partial charge >= 0.3 is 0 Å². The summed E-state index contributed by atoms with van der Waals surface area (Å²) in [4.78, 5) is 1.33. The molecule has 0 saturated heterocycles. The maximum absolute atomic E-state index is 5.60. The summed E-state index contributed by atoms with van der Waals surface area (Å²) in [5, 5.41) is 2.08. The molecule has 0 aliphatic carbocycles. The van der Waals surface area contributed by atoms with E-state index in [1.165, 1.54) is 4.88 Å². The zero-order valence-corrected chi connectivity index (χ0v) is 9.43.